The van der Waals surface area contributed by atoms with Gasteiger partial charge in [-0.3, -0.25) is 0 Å². The first-order valence-corrected chi connectivity index (χ1v) is 6.83. The third-order valence-corrected chi connectivity index (χ3v) is 3.24. The van der Waals surface area contributed by atoms with Crippen LogP contribution in [0, 0.1) is 5.92 Å². The minimum absolute atomic E-state index is 0.712. The molecule has 1 heterocycles. The summed E-state index contributed by atoms with van der Waals surface area (Å²) >= 11 is 4.09. The van der Waals surface area contributed by atoms with Gasteiger partial charge in [0.2, 0.25) is 0 Å². The van der Waals surface area contributed by atoms with Crippen molar-refractivity contribution in [3.63, 3.8) is 0 Å². The van der Waals surface area contributed by atoms with Crippen molar-refractivity contribution < 1.29 is 0 Å². The van der Waals surface area contributed by atoms with Gasteiger partial charge >= 0.3 is 0 Å². The molecule has 0 saturated carbocycles. The van der Waals surface area contributed by atoms with Crippen molar-refractivity contribution in [3.05, 3.63) is 16.1 Å². The van der Waals surface area contributed by atoms with Gasteiger partial charge < -0.3 is 5.32 Å². The van der Waals surface area contributed by atoms with Crippen LogP contribution in [0.5, 0.6) is 0 Å². The highest BCUT2D eigenvalue weighted by atomic mass is 127. The number of nitrogens with zero attached hydrogens (tertiary/aromatic N) is 1. The summed E-state index contributed by atoms with van der Waals surface area (Å²) in [4.78, 5) is 4.47. The third kappa shape index (κ3) is 4.37. The Labute approximate surface area is 97.3 Å². The van der Waals surface area contributed by atoms with Crippen molar-refractivity contribution in [2.75, 3.05) is 6.54 Å². The maximum absolute atomic E-state index is 4.47. The van der Waals surface area contributed by atoms with Gasteiger partial charge in [-0.05, 0) is 12.5 Å². The lowest BCUT2D eigenvalue weighted by Crippen LogP contribution is -2.18. The molecule has 0 amide bonds. The third-order valence-electron chi connectivity index (χ3n) is 1.57. The lowest BCUT2D eigenvalue weighted by molar-refractivity contribution is 0.551. The molecular weight excluding hydrogens is 295 g/mol. The van der Waals surface area contributed by atoms with Crippen LogP contribution in [0.2, 0.25) is 0 Å². The highest BCUT2D eigenvalue weighted by Gasteiger charge is 2.00. The number of nitrogens with one attached hydrogen (secondary N) is 1. The molecule has 1 aromatic rings. The van der Waals surface area contributed by atoms with Crippen LogP contribution in [0.25, 0.3) is 0 Å². The summed E-state index contributed by atoms with van der Waals surface area (Å²) in [6.45, 7) is 6.41. The van der Waals surface area contributed by atoms with E-state index in [1.807, 2.05) is 0 Å². The molecule has 13 heavy (non-hydrogen) atoms. The molecular formula is C9H15IN2S. The maximum Gasteiger partial charge on any atom is 0.107 e. The molecule has 0 aliphatic rings. The van der Waals surface area contributed by atoms with Gasteiger partial charge in [-0.2, -0.15) is 0 Å². The van der Waals surface area contributed by atoms with E-state index in [1.54, 1.807) is 11.3 Å². The largest absolute Gasteiger partial charge is 0.310 e. The molecule has 74 valence electrons. The van der Waals surface area contributed by atoms with E-state index in [9.17, 15) is 0 Å². The molecule has 0 saturated heterocycles. The topological polar surface area (TPSA) is 24.9 Å². The van der Waals surface area contributed by atoms with E-state index in [0.29, 0.717) is 5.92 Å². The number of rotatable bonds is 5. The second-order valence-electron chi connectivity index (χ2n) is 3.39. The monoisotopic (exact) mass is 310 g/mol. The molecule has 0 aromatic carbocycles. The highest BCUT2D eigenvalue weighted by molar-refractivity contribution is 14.1. The average molecular weight is 310 g/mol. The van der Waals surface area contributed by atoms with Crippen LogP contribution in [0.3, 0.4) is 0 Å². The first-order chi connectivity index (χ1) is 6.22. The van der Waals surface area contributed by atoms with E-state index in [4.69, 9.17) is 0 Å². The molecule has 0 radical (unpaired) electrons. The Balaban J connectivity index is 2.28. The highest BCUT2D eigenvalue weighted by Crippen LogP contribution is 2.12. The molecule has 0 aliphatic carbocycles. The van der Waals surface area contributed by atoms with Crippen molar-refractivity contribution >= 4 is 33.9 Å². The zero-order valence-electron chi connectivity index (χ0n) is 8.01. The summed E-state index contributed by atoms with van der Waals surface area (Å²) < 4.78 is 1.01. The molecule has 0 unspecified atom stereocenters. The lowest BCUT2D eigenvalue weighted by Gasteiger charge is -2.04. The molecule has 1 rings (SSSR count). The quantitative estimate of drug-likeness (QED) is 0.668. The Morgan fingerprint density at radius 2 is 2.38 bits per heavy atom. The van der Waals surface area contributed by atoms with E-state index in [-0.39, 0.29) is 0 Å². The first kappa shape index (κ1) is 11.4. The number of hydrogen-bond acceptors (Lipinski definition) is 3. The smallest absolute Gasteiger partial charge is 0.107 e. The average Bonchev–Trinajstić information content (AvgIpc) is 2.52. The minimum Gasteiger partial charge on any atom is -0.310 e. The molecule has 4 heteroatoms. The summed E-state index contributed by atoms with van der Waals surface area (Å²) in [7, 11) is 0. The Kier molecular flexibility index (Phi) is 5.20. The van der Waals surface area contributed by atoms with Gasteiger partial charge in [0.15, 0.2) is 0 Å². The second-order valence-corrected chi connectivity index (χ2v) is 5.10. The summed E-state index contributed by atoms with van der Waals surface area (Å²) in [6.07, 6.45) is 0. The molecule has 0 aliphatic heterocycles. The number of halogens is 1. The molecule has 0 spiro atoms. The second kappa shape index (κ2) is 5.93. The molecule has 0 atom stereocenters. The van der Waals surface area contributed by atoms with Crippen molar-refractivity contribution in [2.24, 2.45) is 5.92 Å². The van der Waals surface area contributed by atoms with Crippen molar-refractivity contribution in [3.8, 4) is 0 Å². The van der Waals surface area contributed by atoms with Crippen LogP contribution < -0.4 is 5.32 Å². The summed E-state index contributed by atoms with van der Waals surface area (Å²) in [5.41, 5.74) is 1.20. The van der Waals surface area contributed by atoms with E-state index in [1.165, 1.54) is 10.7 Å². The minimum atomic E-state index is 0.712. The van der Waals surface area contributed by atoms with E-state index in [2.05, 4.69) is 52.1 Å². The van der Waals surface area contributed by atoms with E-state index in [0.717, 1.165) is 17.5 Å². The Morgan fingerprint density at radius 3 is 2.92 bits per heavy atom. The number of aromatic nitrogens is 1. The summed E-state index contributed by atoms with van der Waals surface area (Å²) in [5.74, 6) is 0.712. The SMILES string of the molecule is CC(C)CNCc1nc(CI)cs1. The van der Waals surface area contributed by atoms with Gasteiger partial charge in [0, 0.05) is 16.4 Å². The molecule has 0 bridgehead atoms. The van der Waals surface area contributed by atoms with Crippen LogP contribution in [0.4, 0.5) is 0 Å². The number of alkyl halides is 1. The summed E-state index contributed by atoms with van der Waals surface area (Å²) in [5, 5.41) is 6.72. The normalized spacial score (nSPS) is 11.1. The standard InChI is InChI=1S/C9H15IN2S/c1-7(2)4-11-5-9-12-8(3-10)6-13-9/h6-7,11H,3-5H2,1-2H3. The van der Waals surface area contributed by atoms with Crippen LogP contribution >= 0.6 is 33.9 Å². The predicted molar refractivity (Wildman–Crippen MR) is 66.4 cm³/mol. The predicted octanol–water partition coefficient (Wildman–Crippen LogP) is 2.82. The Hall–Kier alpha value is 0.320. The molecule has 2 nitrogen and oxygen atoms in total. The van der Waals surface area contributed by atoms with Gasteiger partial charge in [-0.15, -0.1) is 11.3 Å². The van der Waals surface area contributed by atoms with Gasteiger partial charge in [0.1, 0.15) is 5.01 Å². The van der Waals surface area contributed by atoms with Crippen LogP contribution in [0.15, 0.2) is 5.38 Å². The number of hydrogen-bond donors (Lipinski definition) is 1. The van der Waals surface area contributed by atoms with Crippen LogP contribution in [0.1, 0.15) is 24.5 Å². The number of thiazole rings is 1. The Bertz CT molecular complexity index is 248. The summed E-state index contributed by atoms with van der Waals surface area (Å²) in [6, 6.07) is 0. The first-order valence-electron chi connectivity index (χ1n) is 4.42. The Morgan fingerprint density at radius 1 is 1.62 bits per heavy atom. The van der Waals surface area contributed by atoms with Crippen molar-refractivity contribution in [1.29, 1.82) is 0 Å². The van der Waals surface area contributed by atoms with Crippen molar-refractivity contribution in [2.45, 2.75) is 24.8 Å². The van der Waals surface area contributed by atoms with Gasteiger partial charge in [-0.25, -0.2) is 4.98 Å². The lowest BCUT2D eigenvalue weighted by atomic mass is 10.2. The fourth-order valence-corrected chi connectivity index (χ4v) is 2.41. The van der Waals surface area contributed by atoms with Crippen LogP contribution in [-0.2, 0) is 11.0 Å². The zero-order chi connectivity index (χ0) is 9.68. The van der Waals surface area contributed by atoms with E-state index < -0.39 is 0 Å². The zero-order valence-corrected chi connectivity index (χ0v) is 11.0. The molecule has 1 N–H and O–H groups in total. The van der Waals surface area contributed by atoms with Crippen molar-refractivity contribution in [1.82, 2.24) is 10.3 Å². The van der Waals surface area contributed by atoms with Gasteiger partial charge in [0.05, 0.1) is 5.69 Å². The molecule has 1 aromatic heterocycles. The maximum atomic E-state index is 4.47. The fraction of sp³-hybridized carbons (Fsp3) is 0.667. The van der Waals surface area contributed by atoms with Gasteiger partial charge in [0.25, 0.3) is 0 Å². The fourth-order valence-electron chi connectivity index (χ4n) is 0.959. The van der Waals surface area contributed by atoms with Gasteiger partial charge in [-0.1, -0.05) is 36.4 Å². The van der Waals surface area contributed by atoms with Crippen LogP contribution in [-0.4, -0.2) is 11.5 Å². The van der Waals surface area contributed by atoms with E-state index >= 15 is 0 Å². The molecule has 0 fully saturated rings.